The maximum atomic E-state index is 12.9. The van der Waals surface area contributed by atoms with Crippen molar-refractivity contribution in [1.29, 1.82) is 0 Å². The summed E-state index contributed by atoms with van der Waals surface area (Å²) in [4.78, 5) is 23.9. The summed E-state index contributed by atoms with van der Waals surface area (Å²) >= 11 is 0. The lowest BCUT2D eigenvalue weighted by Crippen LogP contribution is -2.45. The fourth-order valence-electron chi connectivity index (χ4n) is 1.61. The van der Waals surface area contributed by atoms with Gasteiger partial charge in [0.15, 0.2) is 11.7 Å². The number of esters is 1. The van der Waals surface area contributed by atoms with Gasteiger partial charge in [0, 0.05) is 13.7 Å². The highest BCUT2D eigenvalue weighted by atomic mass is 19.1. The van der Waals surface area contributed by atoms with Gasteiger partial charge in [0.1, 0.15) is 11.6 Å². The molecule has 1 amide bonds. The van der Waals surface area contributed by atoms with Crippen molar-refractivity contribution in [1.82, 2.24) is 5.32 Å². The molecule has 0 saturated carbocycles. The molecule has 0 spiro atoms. The summed E-state index contributed by atoms with van der Waals surface area (Å²) in [5.41, 5.74) is -1.32. The number of amides is 1. The Balaban J connectivity index is 2.56. The van der Waals surface area contributed by atoms with Crippen LogP contribution < -0.4 is 10.1 Å². The highest BCUT2D eigenvalue weighted by Gasteiger charge is 2.34. The summed E-state index contributed by atoms with van der Waals surface area (Å²) in [5, 5.41) is 2.57. The van der Waals surface area contributed by atoms with Gasteiger partial charge in [0.25, 0.3) is 5.91 Å². The lowest BCUT2D eigenvalue weighted by molar-refractivity contribution is -0.167. The second kappa shape index (κ2) is 8.47. The van der Waals surface area contributed by atoms with Gasteiger partial charge in [0.2, 0.25) is 0 Å². The highest BCUT2D eigenvalue weighted by Crippen LogP contribution is 2.20. The molecule has 1 rings (SSSR count). The molecular formula is C16H22FNO5. The van der Waals surface area contributed by atoms with Crippen LogP contribution in [0.1, 0.15) is 20.8 Å². The zero-order valence-corrected chi connectivity index (χ0v) is 13.7. The minimum absolute atomic E-state index is 0.325. The van der Waals surface area contributed by atoms with Crippen molar-refractivity contribution in [2.24, 2.45) is 0 Å². The van der Waals surface area contributed by atoms with E-state index in [0.717, 1.165) is 0 Å². The average Bonchev–Trinajstić information content (AvgIpc) is 2.49. The molecule has 7 heteroatoms. The molecule has 0 aliphatic rings. The van der Waals surface area contributed by atoms with E-state index >= 15 is 0 Å². The third kappa shape index (κ3) is 6.23. The molecule has 0 bridgehead atoms. The van der Waals surface area contributed by atoms with Gasteiger partial charge < -0.3 is 19.5 Å². The maximum absolute atomic E-state index is 12.9. The molecule has 0 radical (unpaired) electrons. The average molecular weight is 327 g/mol. The van der Waals surface area contributed by atoms with Crippen LogP contribution in [0.15, 0.2) is 24.3 Å². The van der Waals surface area contributed by atoms with Gasteiger partial charge in [-0.3, -0.25) is 4.79 Å². The number of methoxy groups -OCH3 is 1. The van der Waals surface area contributed by atoms with E-state index in [-0.39, 0.29) is 0 Å². The van der Waals surface area contributed by atoms with Crippen LogP contribution >= 0.6 is 0 Å². The van der Waals surface area contributed by atoms with Crippen molar-refractivity contribution in [3.8, 4) is 5.75 Å². The van der Waals surface area contributed by atoms with E-state index in [1.54, 1.807) is 0 Å². The van der Waals surface area contributed by atoms with E-state index in [1.807, 2.05) is 0 Å². The molecule has 0 aliphatic heterocycles. The van der Waals surface area contributed by atoms with Gasteiger partial charge in [0.05, 0.1) is 6.61 Å². The summed E-state index contributed by atoms with van der Waals surface area (Å²) in [6.45, 7) is 5.18. The third-order valence-electron chi connectivity index (χ3n) is 2.94. The molecule has 0 unspecified atom stereocenters. The Kier molecular flexibility index (Phi) is 6.96. The maximum Gasteiger partial charge on any atom is 0.350 e. The van der Waals surface area contributed by atoms with Gasteiger partial charge >= 0.3 is 5.97 Å². The third-order valence-corrected chi connectivity index (χ3v) is 2.94. The molecule has 0 aromatic heterocycles. The first-order valence-electron chi connectivity index (χ1n) is 7.18. The summed E-state index contributed by atoms with van der Waals surface area (Å²) in [6, 6.07) is 5.27. The molecular weight excluding hydrogens is 305 g/mol. The van der Waals surface area contributed by atoms with Crippen LogP contribution in [0.2, 0.25) is 0 Å². The monoisotopic (exact) mass is 327 g/mol. The van der Waals surface area contributed by atoms with Crippen LogP contribution in [-0.4, -0.2) is 43.8 Å². The van der Waals surface area contributed by atoms with Crippen molar-refractivity contribution in [3.05, 3.63) is 30.1 Å². The Morgan fingerprint density at radius 2 is 1.87 bits per heavy atom. The largest absolute Gasteiger partial charge is 0.476 e. The van der Waals surface area contributed by atoms with Crippen molar-refractivity contribution < 1.29 is 28.2 Å². The molecule has 1 aromatic carbocycles. The highest BCUT2D eigenvalue weighted by molar-refractivity contribution is 5.85. The van der Waals surface area contributed by atoms with Crippen molar-refractivity contribution in [3.63, 3.8) is 0 Å². The second-order valence-corrected chi connectivity index (χ2v) is 5.40. The fraction of sp³-hybridized carbons (Fsp3) is 0.500. The first-order chi connectivity index (χ1) is 10.8. The molecule has 1 atom stereocenters. The zero-order valence-electron chi connectivity index (χ0n) is 13.7. The number of hydrogen-bond donors (Lipinski definition) is 1. The van der Waals surface area contributed by atoms with Crippen LogP contribution in [0, 0.1) is 5.82 Å². The molecule has 0 saturated heterocycles. The minimum Gasteiger partial charge on any atom is -0.476 e. The number of hydrogen-bond acceptors (Lipinski definition) is 5. The smallest absolute Gasteiger partial charge is 0.350 e. The normalized spacial score (nSPS) is 12.4. The fourth-order valence-corrected chi connectivity index (χ4v) is 1.61. The van der Waals surface area contributed by atoms with Gasteiger partial charge in [-0.15, -0.1) is 0 Å². The van der Waals surface area contributed by atoms with Gasteiger partial charge in [-0.2, -0.15) is 0 Å². The molecule has 128 valence electrons. The Bertz CT molecular complexity index is 530. The summed E-state index contributed by atoms with van der Waals surface area (Å²) in [5.74, 6) is -1.20. The van der Waals surface area contributed by atoms with E-state index in [2.05, 4.69) is 5.32 Å². The van der Waals surface area contributed by atoms with E-state index in [4.69, 9.17) is 14.2 Å². The van der Waals surface area contributed by atoms with Crippen LogP contribution in [0.3, 0.4) is 0 Å². The lowest BCUT2D eigenvalue weighted by Gasteiger charge is -2.26. The lowest BCUT2D eigenvalue weighted by atomic mass is 10.1. The Morgan fingerprint density at radius 3 is 2.43 bits per heavy atom. The topological polar surface area (TPSA) is 73.9 Å². The van der Waals surface area contributed by atoms with E-state index in [9.17, 15) is 14.0 Å². The second-order valence-electron chi connectivity index (χ2n) is 5.40. The first-order valence-corrected chi connectivity index (χ1v) is 7.18. The Labute approximate surface area is 134 Å². The number of carbonyl (C=O) groups excluding carboxylic acids is 2. The van der Waals surface area contributed by atoms with Crippen LogP contribution in [0.4, 0.5) is 4.39 Å². The number of carbonyl (C=O) groups is 2. The minimum atomic E-state index is -1.32. The van der Waals surface area contributed by atoms with Gasteiger partial charge in [-0.05, 0) is 45.0 Å². The summed E-state index contributed by atoms with van der Waals surface area (Å²) in [6.07, 6.45) is -0.963. The molecule has 6 nitrogen and oxygen atoms in total. The molecule has 23 heavy (non-hydrogen) atoms. The molecule has 1 aromatic rings. The predicted molar refractivity (Wildman–Crippen MR) is 81.5 cm³/mol. The van der Waals surface area contributed by atoms with Crippen LogP contribution in [0.5, 0.6) is 5.75 Å². The number of rotatable bonds is 8. The predicted octanol–water partition coefficient (Wildman–Crippen LogP) is 1.68. The molecule has 0 aliphatic carbocycles. The van der Waals surface area contributed by atoms with Crippen LogP contribution in [0.25, 0.3) is 0 Å². The van der Waals surface area contributed by atoms with Gasteiger partial charge in [-0.25, -0.2) is 9.18 Å². The SMILES string of the molecule is COCCNC(=O)[C@@H](C)OC(=O)C(C)(C)Oc1ccc(F)cc1. The molecule has 1 N–H and O–H groups in total. The summed E-state index contributed by atoms with van der Waals surface area (Å²) in [7, 11) is 1.52. The first kappa shape index (κ1) is 18.9. The molecule has 0 heterocycles. The van der Waals surface area contributed by atoms with Crippen molar-refractivity contribution >= 4 is 11.9 Å². The van der Waals surface area contributed by atoms with Crippen molar-refractivity contribution in [2.45, 2.75) is 32.5 Å². The standard InChI is InChI=1S/C16H22FNO5/c1-11(14(19)18-9-10-21-4)22-15(20)16(2,3)23-13-7-5-12(17)6-8-13/h5-8,11H,9-10H2,1-4H3,(H,18,19)/t11-/m1/s1. The van der Waals surface area contributed by atoms with Crippen molar-refractivity contribution in [2.75, 3.05) is 20.3 Å². The number of nitrogens with one attached hydrogen (secondary N) is 1. The Hall–Kier alpha value is -2.15. The number of halogens is 1. The number of ether oxygens (including phenoxy) is 3. The Morgan fingerprint density at radius 1 is 1.26 bits per heavy atom. The van der Waals surface area contributed by atoms with E-state index < -0.39 is 29.4 Å². The zero-order chi connectivity index (χ0) is 17.5. The van der Waals surface area contributed by atoms with Gasteiger partial charge in [-0.1, -0.05) is 0 Å². The van der Waals surface area contributed by atoms with Crippen LogP contribution in [-0.2, 0) is 19.1 Å². The van der Waals surface area contributed by atoms with E-state index in [1.165, 1.54) is 52.1 Å². The summed E-state index contributed by atoms with van der Waals surface area (Å²) < 4.78 is 28.3. The van der Waals surface area contributed by atoms with E-state index in [0.29, 0.717) is 18.9 Å². The number of benzene rings is 1. The quantitative estimate of drug-likeness (QED) is 0.581. The molecule has 0 fully saturated rings.